The van der Waals surface area contributed by atoms with Crippen molar-refractivity contribution in [1.29, 1.82) is 0 Å². The van der Waals surface area contributed by atoms with E-state index in [4.69, 9.17) is 4.99 Å². The van der Waals surface area contributed by atoms with E-state index in [1.165, 1.54) is 12.0 Å². The summed E-state index contributed by atoms with van der Waals surface area (Å²) < 4.78 is 0. The first-order valence-corrected chi connectivity index (χ1v) is 8.84. The van der Waals surface area contributed by atoms with E-state index in [2.05, 4.69) is 64.6 Å². The summed E-state index contributed by atoms with van der Waals surface area (Å²) in [6.45, 7) is 8.06. The van der Waals surface area contributed by atoms with Gasteiger partial charge < -0.3 is 10.2 Å². The van der Waals surface area contributed by atoms with Crippen LogP contribution in [0.15, 0.2) is 47.6 Å². The predicted molar refractivity (Wildman–Crippen MR) is 97.9 cm³/mol. The van der Waals surface area contributed by atoms with Crippen molar-refractivity contribution in [3.8, 4) is 0 Å². The van der Waals surface area contributed by atoms with Crippen LogP contribution >= 0.6 is 0 Å². The van der Waals surface area contributed by atoms with E-state index in [1.54, 1.807) is 6.20 Å². The van der Waals surface area contributed by atoms with Gasteiger partial charge in [0.25, 0.3) is 0 Å². The van der Waals surface area contributed by atoms with Gasteiger partial charge in [-0.25, -0.2) is 4.99 Å². The fraction of sp³-hybridized carbons (Fsp3) is 0.474. The summed E-state index contributed by atoms with van der Waals surface area (Å²) in [4.78, 5) is 7.16. The zero-order valence-corrected chi connectivity index (χ0v) is 14.6. The molecule has 5 nitrogen and oxygen atoms in total. The van der Waals surface area contributed by atoms with Gasteiger partial charge in [0, 0.05) is 25.8 Å². The highest BCUT2D eigenvalue weighted by molar-refractivity contribution is 5.80. The third-order valence-electron chi connectivity index (χ3n) is 4.73. The largest absolute Gasteiger partial charge is 0.357 e. The van der Waals surface area contributed by atoms with Crippen LogP contribution in [-0.4, -0.2) is 40.7 Å². The summed E-state index contributed by atoms with van der Waals surface area (Å²) in [5.74, 6) is 2.25. The fourth-order valence-electron chi connectivity index (χ4n) is 3.49. The number of nitrogens with one attached hydrogen (secondary N) is 2. The Morgan fingerprint density at radius 2 is 2.17 bits per heavy atom. The van der Waals surface area contributed by atoms with E-state index in [1.807, 2.05) is 6.07 Å². The molecule has 1 aliphatic heterocycles. The van der Waals surface area contributed by atoms with E-state index < -0.39 is 0 Å². The Balaban J connectivity index is 1.66. The lowest BCUT2D eigenvalue weighted by molar-refractivity contribution is 0.234. The third-order valence-corrected chi connectivity index (χ3v) is 4.73. The highest BCUT2D eigenvalue weighted by Crippen LogP contribution is 2.32. The number of nitrogens with zero attached hydrogens (tertiary/aromatic N) is 3. The van der Waals surface area contributed by atoms with Gasteiger partial charge in [0.2, 0.25) is 0 Å². The number of guanidine groups is 1. The van der Waals surface area contributed by atoms with Crippen molar-refractivity contribution in [3.63, 3.8) is 0 Å². The number of likely N-dealkylation sites (tertiary alicyclic amines) is 1. The molecule has 0 spiro atoms. The quantitative estimate of drug-likeness (QED) is 0.671. The Labute approximate surface area is 144 Å². The maximum atomic E-state index is 4.77. The van der Waals surface area contributed by atoms with Crippen molar-refractivity contribution in [2.24, 2.45) is 10.9 Å². The Hall–Kier alpha value is -2.30. The molecule has 2 atom stereocenters. The minimum absolute atomic E-state index is 0.608. The Kier molecular flexibility index (Phi) is 5.51. The van der Waals surface area contributed by atoms with Gasteiger partial charge in [0.15, 0.2) is 5.96 Å². The molecule has 2 heterocycles. The van der Waals surface area contributed by atoms with E-state index >= 15 is 0 Å². The molecule has 128 valence electrons. The molecule has 24 heavy (non-hydrogen) atoms. The summed E-state index contributed by atoms with van der Waals surface area (Å²) in [5, 5.41) is 10.4. The first kappa shape index (κ1) is 16.6. The van der Waals surface area contributed by atoms with Crippen LogP contribution in [0.5, 0.6) is 0 Å². The van der Waals surface area contributed by atoms with Crippen LogP contribution in [0.4, 0.5) is 0 Å². The number of hydrogen-bond donors (Lipinski definition) is 2. The molecule has 1 aromatic carbocycles. The molecular weight excluding hydrogens is 298 g/mol. The average Bonchev–Trinajstić information content (AvgIpc) is 3.13. The van der Waals surface area contributed by atoms with Crippen LogP contribution in [0, 0.1) is 5.92 Å². The maximum Gasteiger partial charge on any atom is 0.194 e. The van der Waals surface area contributed by atoms with Crippen molar-refractivity contribution >= 4 is 5.96 Å². The minimum Gasteiger partial charge on any atom is -0.357 e. The van der Waals surface area contributed by atoms with Crippen LogP contribution in [-0.2, 0) is 6.54 Å². The van der Waals surface area contributed by atoms with Gasteiger partial charge >= 0.3 is 0 Å². The lowest BCUT2D eigenvalue weighted by atomic mass is 9.82. The van der Waals surface area contributed by atoms with Crippen molar-refractivity contribution in [2.45, 2.75) is 32.7 Å². The van der Waals surface area contributed by atoms with Gasteiger partial charge in [0.05, 0.1) is 12.2 Å². The molecule has 3 rings (SSSR count). The summed E-state index contributed by atoms with van der Waals surface area (Å²) in [5.41, 5.74) is 2.50. The number of aliphatic imine (C=N–C) groups is 1. The molecule has 0 aliphatic carbocycles. The van der Waals surface area contributed by atoms with Crippen LogP contribution < -0.4 is 5.32 Å². The smallest absolute Gasteiger partial charge is 0.194 e. The molecule has 2 N–H and O–H groups in total. The lowest BCUT2D eigenvalue weighted by Crippen LogP contribution is -2.48. The second-order valence-electron chi connectivity index (χ2n) is 6.48. The molecule has 1 aliphatic rings. The monoisotopic (exact) mass is 325 g/mol. The van der Waals surface area contributed by atoms with Crippen molar-refractivity contribution in [1.82, 2.24) is 20.4 Å². The van der Waals surface area contributed by atoms with Crippen molar-refractivity contribution in [3.05, 3.63) is 53.9 Å². The number of hydrogen-bond acceptors (Lipinski definition) is 2. The summed E-state index contributed by atoms with van der Waals surface area (Å²) in [7, 11) is 0. The topological polar surface area (TPSA) is 56.3 Å². The first-order chi connectivity index (χ1) is 11.8. The van der Waals surface area contributed by atoms with E-state index in [0.717, 1.165) is 31.3 Å². The van der Waals surface area contributed by atoms with Crippen LogP contribution in [0.3, 0.4) is 0 Å². The second kappa shape index (κ2) is 7.99. The number of piperidine rings is 1. The van der Waals surface area contributed by atoms with Gasteiger partial charge in [0.1, 0.15) is 0 Å². The van der Waals surface area contributed by atoms with E-state index in [9.17, 15) is 0 Å². The van der Waals surface area contributed by atoms with Crippen LogP contribution in [0.25, 0.3) is 0 Å². The van der Waals surface area contributed by atoms with Crippen LogP contribution in [0.1, 0.15) is 37.4 Å². The first-order valence-electron chi connectivity index (χ1n) is 8.84. The Bertz CT molecular complexity index is 635. The molecule has 2 unspecified atom stereocenters. The normalized spacial score (nSPS) is 21.8. The van der Waals surface area contributed by atoms with Gasteiger partial charge in [-0.15, -0.1) is 0 Å². The third kappa shape index (κ3) is 3.96. The van der Waals surface area contributed by atoms with Gasteiger partial charge in [-0.1, -0.05) is 37.3 Å². The number of aromatic amines is 1. The molecule has 5 heteroatoms. The molecular formula is C19H27N5. The molecule has 2 aromatic rings. The van der Waals surface area contributed by atoms with Crippen molar-refractivity contribution < 1.29 is 0 Å². The zero-order chi connectivity index (χ0) is 16.8. The SMILES string of the molecule is CCNC(=NCc1ccn[nH]1)N1CCC(c2ccccc2)C(C)C1. The minimum atomic E-state index is 0.608. The zero-order valence-electron chi connectivity index (χ0n) is 14.6. The van der Waals surface area contributed by atoms with Gasteiger partial charge in [-0.3, -0.25) is 5.10 Å². The Morgan fingerprint density at radius 1 is 1.33 bits per heavy atom. The Morgan fingerprint density at radius 3 is 2.83 bits per heavy atom. The second-order valence-corrected chi connectivity index (χ2v) is 6.48. The number of benzene rings is 1. The molecule has 1 fully saturated rings. The highest BCUT2D eigenvalue weighted by atomic mass is 15.3. The average molecular weight is 325 g/mol. The van der Waals surface area contributed by atoms with Gasteiger partial charge in [-0.05, 0) is 36.8 Å². The molecule has 0 amide bonds. The molecule has 1 aromatic heterocycles. The van der Waals surface area contributed by atoms with Gasteiger partial charge in [-0.2, -0.15) is 5.10 Å². The standard InChI is InChI=1S/C19H27N5/c1-3-20-19(21-13-17-9-11-22-23-17)24-12-10-18(15(2)14-24)16-7-5-4-6-8-16/h4-9,11,15,18H,3,10,12-14H2,1-2H3,(H,20,21)(H,22,23). The number of rotatable bonds is 4. The van der Waals surface area contributed by atoms with E-state index in [0.29, 0.717) is 18.4 Å². The van der Waals surface area contributed by atoms with Crippen molar-refractivity contribution in [2.75, 3.05) is 19.6 Å². The number of aromatic nitrogens is 2. The summed E-state index contributed by atoms with van der Waals surface area (Å²) in [6, 6.07) is 12.9. The predicted octanol–water partition coefficient (Wildman–Crippen LogP) is 3.00. The fourth-order valence-corrected chi connectivity index (χ4v) is 3.49. The maximum absolute atomic E-state index is 4.77. The summed E-state index contributed by atoms with van der Waals surface area (Å²) in [6.07, 6.45) is 2.94. The molecule has 0 radical (unpaired) electrons. The highest BCUT2D eigenvalue weighted by Gasteiger charge is 2.28. The van der Waals surface area contributed by atoms with E-state index in [-0.39, 0.29) is 0 Å². The number of H-pyrrole nitrogens is 1. The van der Waals surface area contributed by atoms with Crippen LogP contribution in [0.2, 0.25) is 0 Å². The molecule has 1 saturated heterocycles. The summed E-state index contributed by atoms with van der Waals surface area (Å²) >= 11 is 0. The molecule has 0 bridgehead atoms. The lowest BCUT2D eigenvalue weighted by Gasteiger charge is -2.39. The molecule has 0 saturated carbocycles.